The number of hydrogen-bond acceptors (Lipinski definition) is 4. The Bertz CT molecular complexity index is 471. The van der Waals surface area contributed by atoms with E-state index in [1.165, 1.54) is 0 Å². The summed E-state index contributed by atoms with van der Waals surface area (Å²) in [6.45, 7) is 0. The van der Waals surface area contributed by atoms with E-state index in [0.717, 1.165) is 0 Å². The van der Waals surface area contributed by atoms with E-state index in [1.54, 1.807) is 60.7 Å². The largest absolute Gasteiger partial charge is 0.736 e. The molecule has 0 saturated carbocycles. The van der Waals surface area contributed by atoms with Crippen molar-refractivity contribution in [2.45, 2.75) is 0 Å². The summed E-state index contributed by atoms with van der Waals surface area (Å²) in [4.78, 5) is 11.6. The maximum Gasteiger partial charge on any atom is 0.372 e. The minimum atomic E-state index is -4.39. The van der Waals surface area contributed by atoms with Gasteiger partial charge in [0, 0.05) is 0 Å². The van der Waals surface area contributed by atoms with Crippen LogP contribution in [-0.2, 0) is 4.57 Å². The van der Waals surface area contributed by atoms with Crippen LogP contribution in [0, 0.1) is 0 Å². The quantitative estimate of drug-likeness (QED) is 0.776. The molecule has 0 heterocycles. The van der Waals surface area contributed by atoms with Gasteiger partial charge in [0.2, 0.25) is 0 Å². The van der Waals surface area contributed by atoms with Gasteiger partial charge in [-0.15, -0.1) is 0 Å². The van der Waals surface area contributed by atoms with Gasteiger partial charge in [0.05, 0.1) is 0 Å². The molecule has 2 rings (SSSR count). The normalized spacial score (nSPS) is 9.74. The summed E-state index contributed by atoms with van der Waals surface area (Å²) in [7, 11) is -4.39. The average molecular weight is 285 g/mol. The first-order valence-corrected chi connectivity index (χ1v) is 6.42. The predicted octanol–water partition coefficient (Wildman–Crippen LogP) is 0.963. The molecular formula is C12H14O6P-. The molecule has 7 heteroatoms. The standard InChI is InChI=1S/C12H11O4P.2H2O/c13-17(14,15-11-7-3-1-4-8-11)16-12-9-5-2-6-10-12;;/h1-10H,(H,13,14);2*1H2/p-1. The first-order valence-electron chi connectivity index (χ1n) is 4.96. The van der Waals surface area contributed by atoms with Crippen molar-refractivity contribution in [3.8, 4) is 11.5 Å². The molecule has 0 fully saturated rings. The molecule has 0 aliphatic rings. The van der Waals surface area contributed by atoms with Gasteiger partial charge in [-0.05, 0) is 24.3 Å². The highest BCUT2D eigenvalue weighted by atomic mass is 31.2. The Morgan fingerprint density at radius 1 is 0.737 bits per heavy atom. The molecule has 0 aliphatic carbocycles. The molecule has 0 unspecified atom stereocenters. The van der Waals surface area contributed by atoms with Crippen LogP contribution in [0.4, 0.5) is 0 Å². The highest BCUT2D eigenvalue weighted by Gasteiger charge is 2.12. The SMILES string of the molecule is O.O.O=P([O-])(Oc1ccccc1)Oc1ccccc1. The first kappa shape index (κ1) is 17.2. The lowest BCUT2D eigenvalue weighted by Gasteiger charge is -2.23. The zero-order valence-electron chi connectivity index (χ0n) is 9.85. The van der Waals surface area contributed by atoms with Crippen LogP contribution in [0.2, 0.25) is 0 Å². The lowest BCUT2D eigenvalue weighted by molar-refractivity contribution is -0.208. The Hall–Kier alpha value is -1.85. The smallest absolute Gasteiger partial charge is 0.372 e. The Kier molecular flexibility index (Phi) is 6.82. The molecule has 0 aliphatic heterocycles. The third-order valence-corrected chi connectivity index (χ3v) is 2.79. The summed E-state index contributed by atoms with van der Waals surface area (Å²) in [5, 5.41) is 0. The van der Waals surface area contributed by atoms with Crippen molar-refractivity contribution in [3.63, 3.8) is 0 Å². The summed E-state index contributed by atoms with van der Waals surface area (Å²) in [6, 6.07) is 16.4. The number of para-hydroxylation sites is 2. The van der Waals surface area contributed by atoms with Gasteiger partial charge in [0.1, 0.15) is 11.5 Å². The fourth-order valence-electron chi connectivity index (χ4n) is 1.24. The van der Waals surface area contributed by atoms with E-state index in [2.05, 4.69) is 0 Å². The Morgan fingerprint density at radius 3 is 1.37 bits per heavy atom. The molecular weight excluding hydrogens is 271 g/mol. The fraction of sp³-hybridized carbons (Fsp3) is 0. The molecule has 0 saturated heterocycles. The molecule has 2 aromatic rings. The van der Waals surface area contributed by atoms with Gasteiger partial charge in [0.15, 0.2) is 0 Å². The minimum Gasteiger partial charge on any atom is -0.736 e. The number of phosphoric acid groups is 1. The van der Waals surface area contributed by atoms with Gasteiger partial charge in [-0.2, -0.15) is 0 Å². The second-order valence-electron chi connectivity index (χ2n) is 3.26. The summed E-state index contributed by atoms with van der Waals surface area (Å²) < 4.78 is 21.1. The van der Waals surface area contributed by atoms with Gasteiger partial charge in [-0.3, -0.25) is 0 Å². The van der Waals surface area contributed by atoms with Gasteiger partial charge in [0.25, 0.3) is 0 Å². The van der Waals surface area contributed by atoms with Crippen LogP contribution in [0.25, 0.3) is 0 Å². The number of rotatable bonds is 4. The molecule has 0 aromatic heterocycles. The van der Waals surface area contributed by atoms with Crippen LogP contribution in [0.3, 0.4) is 0 Å². The topological polar surface area (TPSA) is 122 Å². The van der Waals surface area contributed by atoms with Crippen LogP contribution >= 0.6 is 7.82 Å². The molecule has 19 heavy (non-hydrogen) atoms. The molecule has 6 nitrogen and oxygen atoms in total. The van der Waals surface area contributed by atoms with E-state index in [-0.39, 0.29) is 22.5 Å². The van der Waals surface area contributed by atoms with Crippen LogP contribution in [0.15, 0.2) is 60.7 Å². The molecule has 4 N–H and O–H groups in total. The number of benzene rings is 2. The molecule has 2 aromatic carbocycles. The van der Waals surface area contributed by atoms with Crippen LogP contribution in [0.5, 0.6) is 11.5 Å². The third-order valence-electron chi connectivity index (χ3n) is 1.92. The van der Waals surface area contributed by atoms with Crippen molar-refractivity contribution in [3.05, 3.63) is 60.7 Å². The van der Waals surface area contributed by atoms with E-state index < -0.39 is 7.82 Å². The van der Waals surface area contributed by atoms with Crippen molar-refractivity contribution in [2.75, 3.05) is 0 Å². The molecule has 0 spiro atoms. The lowest BCUT2D eigenvalue weighted by Crippen LogP contribution is -2.12. The van der Waals surface area contributed by atoms with Crippen molar-refractivity contribution >= 4 is 7.82 Å². The molecule has 0 bridgehead atoms. The third kappa shape index (κ3) is 5.54. The molecule has 0 amide bonds. The Morgan fingerprint density at radius 2 is 1.05 bits per heavy atom. The Balaban J connectivity index is 0.00000162. The summed E-state index contributed by atoms with van der Waals surface area (Å²) in [5.41, 5.74) is 0. The fourth-order valence-corrected chi connectivity index (χ4v) is 2.04. The van der Waals surface area contributed by atoms with Crippen molar-refractivity contribution in [2.24, 2.45) is 0 Å². The maximum absolute atomic E-state index is 11.6. The van der Waals surface area contributed by atoms with E-state index in [9.17, 15) is 9.46 Å². The second kappa shape index (κ2) is 7.56. The minimum absolute atomic E-state index is 0. The van der Waals surface area contributed by atoms with Crippen molar-refractivity contribution < 1.29 is 29.5 Å². The molecule has 0 atom stereocenters. The number of hydrogen-bond donors (Lipinski definition) is 0. The van der Waals surface area contributed by atoms with Gasteiger partial charge in [-0.1, -0.05) is 36.4 Å². The van der Waals surface area contributed by atoms with E-state index in [1.807, 2.05) is 0 Å². The average Bonchev–Trinajstić information content (AvgIpc) is 2.30. The van der Waals surface area contributed by atoms with Crippen molar-refractivity contribution in [1.29, 1.82) is 0 Å². The summed E-state index contributed by atoms with van der Waals surface area (Å²) in [5.74, 6) is 0.448. The highest BCUT2D eigenvalue weighted by Crippen LogP contribution is 2.40. The first-order chi connectivity index (χ1) is 8.16. The Labute approximate surface area is 110 Å². The van der Waals surface area contributed by atoms with E-state index >= 15 is 0 Å². The monoisotopic (exact) mass is 285 g/mol. The zero-order valence-corrected chi connectivity index (χ0v) is 10.7. The lowest BCUT2D eigenvalue weighted by atomic mass is 10.3. The molecule has 0 radical (unpaired) electrons. The van der Waals surface area contributed by atoms with E-state index in [4.69, 9.17) is 9.05 Å². The predicted molar refractivity (Wildman–Crippen MR) is 69.0 cm³/mol. The maximum atomic E-state index is 11.6. The highest BCUT2D eigenvalue weighted by molar-refractivity contribution is 7.46. The summed E-state index contributed by atoms with van der Waals surface area (Å²) >= 11 is 0. The van der Waals surface area contributed by atoms with Gasteiger partial charge >= 0.3 is 7.82 Å². The van der Waals surface area contributed by atoms with Crippen LogP contribution in [-0.4, -0.2) is 11.0 Å². The van der Waals surface area contributed by atoms with Crippen molar-refractivity contribution in [1.82, 2.24) is 0 Å². The number of phosphoric ester groups is 1. The van der Waals surface area contributed by atoms with E-state index in [0.29, 0.717) is 0 Å². The van der Waals surface area contributed by atoms with Gasteiger partial charge < -0.3 is 24.9 Å². The molecule has 104 valence electrons. The zero-order chi connectivity index (χ0) is 12.1. The van der Waals surface area contributed by atoms with Gasteiger partial charge in [-0.25, -0.2) is 4.57 Å². The second-order valence-corrected chi connectivity index (χ2v) is 4.52. The van der Waals surface area contributed by atoms with Crippen LogP contribution in [0.1, 0.15) is 0 Å². The van der Waals surface area contributed by atoms with Crippen LogP contribution < -0.4 is 13.9 Å². The summed E-state index contributed by atoms with van der Waals surface area (Å²) in [6.07, 6.45) is 0.